The molecule has 0 aromatic heterocycles. The molecule has 0 aliphatic carbocycles. The molecule has 1 saturated heterocycles. The smallest absolute Gasteiger partial charge is 0.348 e. The summed E-state index contributed by atoms with van der Waals surface area (Å²) in [6.45, 7) is 0.913. The summed E-state index contributed by atoms with van der Waals surface area (Å²) in [5.41, 5.74) is 0.896. The van der Waals surface area contributed by atoms with Gasteiger partial charge in [0.05, 0.1) is 0 Å². The van der Waals surface area contributed by atoms with Gasteiger partial charge in [-0.05, 0) is 42.5 Å². The van der Waals surface area contributed by atoms with Gasteiger partial charge >= 0.3 is 12.1 Å². The summed E-state index contributed by atoms with van der Waals surface area (Å²) < 4.78 is 37.4. The summed E-state index contributed by atoms with van der Waals surface area (Å²) in [7, 11) is 0. The van der Waals surface area contributed by atoms with Gasteiger partial charge in [-0.3, -0.25) is 9.59 Å². The lowest BCUT2D eigenvalue weighted by Crippen LogP contribution is -2.43. The number of hydrogen-bond acceptors (Lipinski definition) is 2. The minimum Gasteiger partial charge on any atom is -0.348 e. The van der Waals surface area contributed by atoms with E-state index in [-0.39, 0.29) is 18.4 Å². The Morgan fingerprint density at radius 2 is 1.96 bits per heavy atom. The van der Waals surface area contributed by atoms with Crippen LogP contribution in [0.15, 0.2) is 34.8 Å². The highest BCUT2D eigenvalue weighted by molar-refractivity contribution is 9.10. The molecule has 0 radical (unpaired) electrons. The number of piperidine rings is 1. The molecule has 8 heteroatoms. The van der Waals surface area contributed by atoms with Crippen LogP contribution in [0.5, 0.6) is 0 Å². The number of carbonyl (C=O) groups is 2. The first-order valence-electron chi connectivity index (χ1n) is 7.83. The topological polar surface area (TPSA) is 49.4 Å². The van der Waals surface area contributed by atoms with E-state index in [0.29, 0.717) is 25.9 Å². The molecule has 4 nitrogen and oxygen atoms in total. The van der Waals surface area contributed by atoms with Gasteiger partial charge in [0.1, 0.15) is 0 Å². The Morgan fingerprint density at radius 3 is 2.56 bits per heavy atom. The lowest BCUT2D eigenvalue weighted by atomic mass is 9.96. The maximum Gasteiger partial charge on any atom is 0.471 e. The van der Waals surface area contributed by atoms with Crippen LogP contribution >= 0.6 is 15.9 Å². The summed E-state index contributed by atoms with van der Waals surface area (Å²) >= 11 is 3.36. The fourth-order valence-corrected chi connectivity index (χ4v) is 2.99. The number of carbonyl (C=O) groups excluding carboxylic acids is 2. The largest absolute Gasteiger partial charge is 0.471 e. The summed E-state index contributed by atoms with van der Waals surface area (Å²) in [5, 5.41) is 1.90. The molecule has 1 heterocycles. The Morgan fingerprint density at radius 1 is 1.28 bits per heavy atom. The molecule has 25 heavy (non-hydrogen) atoms. The molecule has 0 bridgehead atoms. The van der Waals surface area contributed by atoms with Crippen molar-refractivity contribution in [3.8, 4) is 0 Å². The number of nitrogens with one attached hydrogen (secondary N) is 1. The van der Waals surface area contributed by atoms with E-state index < -0.39 is 12.1 Å². The van der Waals surface area contributed by atoms with Gasteiger partial charge in [-0.1, -0.05) is 28.1 Å². The fraction of sp³-hybridized carbons (Fsp3) is 0.412. The molecule has 0 unspecified atom stereocenters. The molecule has 1 aliphatic rings. The van der Waals surface area contributed by atoms with Gasteiger partial charge in [-0.25, -0.2) is 0 Å². The molecule has 2 amide bonds. The van der Waals surface area contributed by atoms with Gasteiger partial charge < -0.3 is 10.2 Å². The average molecular weight is 419 g/mol. The molecule has 1 aliphatic heterocycles. The molecular weight excluding hydrogens is 401 g/mol. The van der Waals surface area contributed by atoms with Gasteiger partial charge in [0.15, 0.2) is 0 Å². The van der Waals surface area contributed by atoms with Crippen molar-refractivity contribution in [1.29, 1.82) is 0 Å². The van der Waals surface area contributed by atoms with E-state index in [1.54, 1.807) is 11.0 Å². The zero-order valence-electron chi connectivity index (χ0n) is 13.4. The summed E-state index contributed by atoms with van der Waals surface area (Å²) in [6.07, 6.45) is -0.507. The Bertz CT molecular complexity index is 654. The van der Waals surface area contributed by atoms with Crippen molar-refractivity contribution in [1.82, 2.24) is 10.2 Å². The van der Waals surface area contributed by atoms with Crippen molar-refractivity contribution in [2.24, 2.45) is 5.92 Å². The summed E-state index contributed by atoms with van der Waals surface area (Å²) in [6, 6.07) is 7.53. The zero-order chi connectivity index (χ0) is 18.4. The number of rotatable bonds is 4. The number of amides is 2. The summed E-state index contributed by atoms with van der Waals surface area (Å²) in [5.74, 6) is -2.09. The molecule has 1 aromatic rings. The van der Waals surface area contributed by atoms with Gasteiger partial charge in [0.2, 0.25) is 5.91 Å². The van der Waals surface area contributed by atoms with Crippen LogP contribution in [-0.2, 0) is 9.59 Å². The van der Waals surface area contributed by atoms with Crippen LogP contribution in [0, 0.1) is 5.92 Å². The maximum absolute atomic E-state index is 12.2. The van der Waals surface area contributed by atoms with Crippen LogP contribution in [0.1, 0.15) is 18.4 Å². The van der Waals surface area contributed by atoms with Crippen LogP contribution in [0.4, 0.5) is 13.2 Å². The van der Waals surface area contributed by atoms with E-state index in [1.165, 1.54) is 6.08 Å². The number of halogens is 4. The monoisotopic (exact) mass is 418 g/mol. The van der Waals surface area contributed by atoms with E-state index in [2.05, 4.69) is 15.9 Å². The quantitative estimate of drug-likeness (QED) is 0.761. The van der Waals surface area contributed by atoms with Crippen LogP contribution in [0.2, 0.25) is 0 Å². The fourth-order valence-electron chi connectivity index (χ4n) is 2.58. The highest BCUT2D eigenvalue weighted by Crippen LogP contribution is 2.19. The van der Waals surface area contributed by atoms with Crippen molar-refractivity contribution in [2.75, 3.05) is 19.6 Å². The minimum absolute atomic E-state index is 0.0196. The first-order chi connectivity index (χ1) is 11.8. The molecule has 136 valence electrons. The predicted molar refractivity (Wildman–Crippen MR) is 91.5 cm³/mol. The molecule has 1 fully saturated rings. The second kappa shape index (κ2) is 8.51. The molecule has 2 rings (SSSR count). The Labute approximate surface area is 152 Å². The maximum atomic E-state index is 12.2. The first kappa shape index (κ1) is 19.5. The van der Waals surface area contributed by atoms with Crippen molar-refractivity contribution in [2.45, 2.75) is 19.0 Å². The van der Waals surface area contributed by atoms with Gasteiger partial charge in [-0.15, -0.1) is 0 Å². The minimum atomic E-state index is -4.85. The van der Waals surface area contributed by atoms with E-state index in [1.807, 2.05) is 29.6 Å². The van der Waals surface area contributed by atoms with Gasteiger partial charge in [-0.2, -0.15) is 13.2 Å². The molecule has 1 N–H and O–H groups in total. The molecule has 0 saturated carbocycles. The van der Waals surface area contributed by atoms with E-state index >= 15 is 0 Å². The highest BCUT2D eigenvalue weighted by atomic mass is 79.9. The molecule has 1 aromatic carbocycles. The van der Waals surface area contributed by atoms with Gasteiger partial charge in [0, 0.05) is 30.2 Å². The number of hydrogen-bond donors (Lipinski definition) is 1. The van der Waals surface area contributed by atoms with Crippen molar-refractivity contribution in [3.63, 3.8) is 0 Å². The summed E-state index contributed by atoms with van der Waals surface area (Å²) in [4.78, 5) is 24.6. The third-order valence-corrected chi connectivity index (χ3v) is 4.50. The van der Waals surface area contributed by atoms with Crippen LogP contribution in [0.3, 0.4) is 0 Å². The predicted octanol–water partition coefficient (Wildman–Crippen LogP) is 3.38. The van der Waals surface area contributed by atoms with E-state index in [4.69, 9.17) is 0 Å². The second-order valence-corrected chi connectivity index (χ2v) is 6.78. The van der Waals surface area contributed by atoms with Crippen molar-refractivity contribution in [3.05, 3.63) is 40.4 Å². The lowest BCUT2D eigenvalue weighted by Gasteiger charge is -2.31. The van der Waals surface area contributed by atoms with Gasteiger partial charge in [0.25, 0.3) is 0 Å². The average Bonchev–Trinajstić information content (AvgIpc) is 2.57. The van der Waals surface area contributed by atoms with Crippen LogP contribution in [-0.4, -0.2) is 42.5 Å². The normalized spacial score (nSPS) is 16.2. The Kier molecular flexibility index (Phi) is 6.64. The number of nitrogens with zero attached hydrogens (tertiary/aromatic N) is 1. The van der Waals surface area contributed by atoms with Crippen molar-refractivity contribution >= 4 is 33.8 Å². The standard InChI is InChI=1S/C17H18BrF3N2O2/c18-14-3-1-2-12(10-14)4-5-15(24)23-8-6-13(7-9-23)11-22-16(25)17(19,20)21/h1-5,10,13H,6-9,11H2,(H,22,25)/b5-4+. The highest BCUT2D eigenvalue weighted by Gasteiger charge is 2.38. The Balaban J connectivity index is 1.77. The molecular formula is C17H18BrF3N2O2. The SMILES string of the molecule is O=C(/C=C/c1cccc(Br)c1)N1CCC(CNC(=O)C(F)(F)F)CC1. The number of alkyl halides is 3. The van der Waals surface area contributed by atoms with E-state index in [9.17, 15) is 22.8 Å². The lowest BCUT2D eigenvalue weighted by molar-refractivity contribution is -0.173. The number of benzene rings is 1. The Hall–Kier alpha value is -1.83. The first-order valence-corrected chi connectivity index (χ1v) is 8.62. The van der Waals surface area contributed by atoms with Crippen LogP contribution in [0.25, 0.3) is 6.08 Å². The second-order valence-electron chi connectivity index (χ2n) is 5.86. The number of likely N-dealkylation sites (tertiary alicyclic amines) is 1. The molecule has 0 atom stereocenters. The third kappa shape index (κ3) is 6.19. The third-order valence-electron chi connectivity index (χ3n) is 4.00. The zero-order valence-corrected chi connectivity index (χ0v) is 14.9. The van der Waals surface area contributed by atoms with Crippen molar-refractivity contribution < 1.29 is 22.8 Å². The van der Waals surface area contributed by atoms with Crippen LogP contribution < -0.4 is 5.32 Å². The molecule has 0 spiro atoms. The van der Waals surface area contributed by atoms with E-state index in [0.717, 1.165) is 10.0 Å².